The highest BCUT2D eigenvalue weighted by molar-refractivity contribution is 6.09. The van der Waals surface area contributed by atoms with Crippen LogP contribution in [-0.2, 0) is 19.3 Å². The minimum atomic E-state index is -0.145. The third kappa shape index (κ3) is 3.41. The molecule has 3 heteroatoms. The molecule has 0 saturated heterocycles. The molecule has 5 aromatic carbocycles. The summed E-state index contributed by atoms with van der Waals surface area (Å²) in [5.74, 6) is 0.355. The first-order valence-electron chi connectivity index (χ1n) is 12.6. The number of halogens is 1. The number of aliphatic imine (C=N–C) groups is 1. The lowest BCUT2D eigenvalue weighted by atomic mass is 9.76. The maximum Gasteiger partial charge on any atom is 0.131 e. The lowest BCUT2D eigenvalue weighted by molar-refractivity contribution is 0.576. The van der Waals surface area contributed by atoms with Crippen LogP contribution in [0.5, 0.6) is 0 Å². The van der Waals surface area contributed by atoms with Gasteiger partial charge >= 0.3 is 0 Å². The van der Waals surface area contributed by atoms with Crippen molar-refractivity contribution in [3.8, 4) is 0 Å². The van der Waals surface area contributed by atoms with Crippen molar-refractivity contribution in [3.05, 3.63) is 107 Å². The lowest BCUT2D eigenvalue weighted by Gasteiger charge is -2.29. The summed E-state index contributed by atoms with van der Waals surface area (Å²) < 4.78 is 14.4. The van der Waals surface area contributed by atoms with Gasteiger partial charge in [0, 0.05) is 5.39 Å². The van der Waals surface area contributed by atoms with Crippen LogP contribution in [0, 0.1) is 5.82 Å². The van der Waals surface area contributed by atoms with E-state index >= 15 is 0 Å². The Balaban J connectivity index is 1.30. The monoisotopic (exact) mass is 458 g/mol. The summed E-state index contributed by atoms with van der Waals surface area (Å²) in [5.41, 5.74) is 5.84. The van der Waals surface area contributed by atoms with Gasteiger partial charge in [0.25, 0.3) is 0 Å². The molecule has 172 valence electrons. The average Bonchev–Trinajstić information content (AvgIpc) is 3.42. The number of benzene rings is 5. The van der Waals surface area contributed by atoms with Crippen molar-refractivity contribution in [2.75, 3.05) is 6.54 Å². The standard InChI is InChI=1S/C32H27FN2/c33-32-7-3-6-27-29-13-10-21-16-22(9-12-25(21)28(29)14-15-30(27)32)26-11-8-20-4-1-2-5-24(20)31(26)17-23-18-34-19-35-23/h1-8,10-11,13-15,19,22-23H,9,12,16-18H2,(H,34,35). The second-order valence-corrected chi connectivity index (χ2v) is 10.1. The van der Waals surface area contributed by atoms with Gasteiger partial charge in [0.2, 0.25) is 0 Å². The number of hydrogen-bond donors (Lipinski definition) is 1. The first kappa shape index (κ1) is 20.6. The third-order valence-corrected chi connectivity index (χ3v) is 8.12. The van der Waals surface area contributed by atoms with Crippen LogP contribution in [0.15, 0.2) is 83.9 Å². The van der Waals surface area contributed by atoms with E-state index in [2.05, 4.69) is 64.9 Å². The van der Waals surface area contributed by atoms with E-state index in [1.54, 1.807) is 6.07 Å². The number of rotatable bonds is 3. The predicted octanol–water partition coefficient (Wildman–Crippen LogP) is 7.10. The molecular weight excluding hydrogens is 431 g/mol. The van der Waals surface area contributed by atoms with Crippen LogP contribution in [0.25, 0.3) is 32.3 Å². The van der Waals surface area contributed by atoms with E-state index in [1.165, 1.54) is 38.4 Å². The largest absolute Gasteiger partial charge is 0.372 e. The zero-order chi connectivity index (χ0) is 23.4. The summed E-state index contributed by atoms with van der Waals surface area (Å²) in [6.07, 6.45) is 6.08. The molecule has 0 amide bonds. The quantitative estimate of drug-likeness (QED) is 0.287. The van der Waals surface area contributed by atoms with Crippen molar-refractivity contribution in [2.45, 2.75) is 37.6 Å². The normalized spacial score (nSPS) is 19.3. The van der Waals surface area contributed by atoms with Crippen LogP contribution in [0.2, 0.25) is 0 Å². The minimum Gasteiger partial charge on any atom is -0.372 e. The third-order valence-electron chi connectivity index (χ3n) is 8.12. The molecule has 0 aromatic heterocycles. The van der Waals surface area contributed by atoms with E-state index in [-0.39, 0.29) is 5.82 Å². The van der Waals surface area contributed by atoms with E-state index in [9.17, 15) is 4.39 Å². The fraction of sp³-hybridized carbons (Fsp3) is 0.219. The Hall–Kier alpha value is -3.72. The molecule has 35 heavy (non-hydrogen) atoms. The van der Waals surface area contributed by atoms with Crippen molar-refractivity contribution in [3.63, 3.8) is 0 Å². The van der Waals surface area contributed by atoms with Gasteiger partial charge in [-0.1, -0.05) is 72.8 Å². The number of nitrogens with one attached hydrogen (secondary N) is 1. The lowest BCUT2D eigenvalue weighted by Crippen LogP contribution is -2.28. The van der Waals surface area contributed by atoms with Crippen LogP contribution >= 0.6 is 0 Å². The molecule has 1 N–H and O–H groups in total. The number of nitrogens with zero attached hydrogens (tertiary/aromatic N) is 1. The highest BCUT2D eigenvalue weighted by Crippen LogP contribution is 2.40. The SMILES string of the molecule is Fc1cccc2c1ccc1c3c(ccc12)CC(c1ccc2ccccc2c1CC1CN=CN1)CC3. The Bertz CT molecular complexity index is 1630. The van der Waals surface area contributed by atoms with Crippen molar-refractivity contribution in [1.29, 1.82) is 0 Å². The Labute approximate surface area is 204 Å². The molecule has 0 spiro atoms. The predicted molar refractivity (Wildman–Crippen MR) is 144 cm³/mol. The topological polar surface area (TPSA) is 24.4 Å². The van der Waals surface area contributed by atoms with Gasteiger partial charge in [0.05, 0.1) is 18.9 Å². The number of fused-ring (bicyclic) bond motifs is 6. The van der Waals surface area contributed by atoms with E-state index in [0.29, 0.717) is 17.3 Å². The summed E-state index contributed by atoms with van der Waals surface area (Å²) in [5, 5.41) is 10.3. The summed E-state index contributed by atoms with van der Waals surface area (Å²) in [4.78, 5) is 4.41. The van der Waals surface area contributed by atoms with Crippen LogP contribution in [0.4, 0.5) is 4.39 Å². The van der Waals surface area contributed by atoms with Crippen LogP contribution in [0.1, 0.15) is 34.6 Å². The molecule has 0 radical (unpaired) electrons. The van der Waals surface area contributed by atoms with Gasteiger partial charge in [-0.15, -0.1) is 0 Å². The van der Waals surface area contributed by atoms with Gasteiger partial charge in [-0.05, 0) is 86.9 Å². The van der Waals surface area contributed by atoms with Gasteiger partial charge in [0.15, 0.2) is 0 Å². The number of hydrogen-bond acceptors (Lipinski definition) is 2. The van der Waals surface area contributed by atoms with Gasteiger partial charge in [-0.2, -0.15) is 0 Å². The molecule has 2 aliphatic rings. The van der Waals surface area contributed by atoms with Gasteiger partial charge in [0.1, 0.15) is 5.82 Å². The Morgan fingerprint density at radius 1 is 0.800 bits per heavy atom. The maximum atomic E-state index is 14.4. The minimum absolute atomic E-state index is 0.145. The zero-order valence-corrected chi connectivity index (χ0v) is 19.6. The summed E-state index contributed by atoms with van der Waals surface area (Å²) in [7, 11) is 0. The van der Waals surface area contributed by atoms with E-state index < -0.39 is 0 Å². The second kappa shape index (κ2) is 8.20. The van der Waals surface area contributed by atoms with E-state index in [0.717, 1.165) is 43.0 Å². The molecule has 2 unspecified atom stereocenters. The fourth-order valence-electron chi connectivity index (χ4n) is 6.40. The fourth-order valence-corrected chi connectivity index (χ4v) is 6.40. The van der Waals surface area contributed by atoms with Crippen LogP contribution in [0.3, 0.4) is 0 Å². The van der Waals surface area contributed by atoms with E-state index in [1.807, 2.05) is 24.5 Å². The summed E-state index contributed by atoms with van der Waals surface area (Å²) in [6, 6.07) is 27.8. The molecule has 1 heterocycles. The highest BCUT2D eigenvalue weighted by atomic mass is 19.1. The van der Waals surface area contributed by atoms with Crippen LogP contribution < -0.4 is 5.32 Å². The highest BCUT2D eigenvalue weighted by Gasteiger charge is 2.26. The molecule has 0 fully saturated rings. The molecule has 7 rings (SSSR count). The van der Waals surface area contributed by atoms with Crippen molar-refractivity contribution >= 4 is 38.7 Å². The van der Waals surface area contributed by atoms with Gasteiger partial charge in [-0.25, -0.2) is 4.39 Å². The summed E-state index contributed by atoms with van der Waals surface area (Å²) >= 11 is 0. The average molecular weight is 459 g/mol. The molecule has 0 saturated carbocycles. The molecule has 0 bridgehead atoms. The van der Waals surface area contributed by atoms with Crippen LogP contribution in [-0.4, -0.2) is 18.9 Å². The molecule has 2 atom stereocenters. The van der Waals surface area contributed by atoms with Crippen molar-refractivity contribution in [1.82, 2.24) is 5.32 Å². The molecular formula is C32H27FN2. The van der Waals surface area contributed by atoms with Gasteiger partial charge < -0.3 is 5.32 Å². The molecule has 1 aliphatic carbocycles. The number of aryl methyl sites for hydroxylation is 1. The Morgan fingerprint density at radius 2 is 1.63 bits per heavy atom. The smallest absolute Gasteiger partial charge is 0.131 e. The molecule has 2 nitrogen and oxygen atoms in total. The Morgan fingerprint density at radius 3 is 2.54 bits per heavy atom. The molecule has 1 aliphatic heterocycles. The first-order valence-corrected chi connectivity index (χ1v) is 12.6. The van der Waals surface area contributed by atoms with Crippen molar-refractivity contribution in [2.24, 2.45) is 4.99 Å². The summed E-state index contributed by atoms with van der Waals surface area (Å²) in [6.45, 7) is 0.844. The van der Waals surface area contributed by atoms with E-state index in [4.69, 9.17) is 0 Å². The molecule has 5 aromatic rings. The van der Waals surface area contributed by atoms with Gasteiger partial charge in [-0.3, -0.25) is 4.99 Å². The maximum absolute atomic E-state index is 14.4. The van der Waals surface area contributed by atoms with Crippen molar-refractivity contribution < 1.29 is 4.39 Å². The second-order valence-electron chi connectivity index (χ2n) is 10.1. The first-order chi connectivity index (χ1) is 17.3. The Kier molecular flexibility index (Phi) is 4.83. The zero-order valence-electron chi connectivity index (χ0n) is 19.6.